The summed E-state index contributed by atoms with van der Waals surface area (Å²) < 4.78 is 17.3. The lowest BCUT2D eigenvalue weighted by molar-refractivity contribution is -0.213. The van der Waals surface area contributed by atoms with E-state index in [1.165, 1.54) is 6.42 Å². The monoisotopic (exact) mass is 244 g/mol. The van der Waals surface area contributed by atoms with Crippen LogP contribution in [0.5, 0.6) is 0 Å². The number of hydrogen-bond donors (Lipinski definition) is 0. The molecular formula is C14H28O3. The van der Waals surface area contributed by atoms with Crippen LogP contribution in [0.3, 0.4) is 0 Å². The molecule has 0 amide bonds. The third-order valence-electron chi connectivity index (χ3n) is 3.33. The molecule has 0 radical (unpaired) electrons. The van der Waals surface area contributed by atoms with Gasteiger partial charge >= 0.3 is 0 Å². The molecule has 3 unspecified atom stereocenters. The van der Waals surface area contributed by atoms with E-state index in [4.69, 9.17) is 14.2 Å². The van der Waals surface area contributed by atoms with Gasteiger partial charge in [-0.05, 0) is 25.7 Å². The van der Waals surface area contributed by atoms with Crippen LogP contribution in [0.2, 0.25) is 0 Å². The molecule has 3 atom stereocenters. The highest BCUT2D eigenvalue weighted by atomic mass is 16.7. The van der Waals surface area contributed by atoms with E-state index in [9.17, 15) is 0 Å². The molecule has 1 aliphatic rings. The molecule has 0 aromatic carbocycles. The van der Waals surface area contributed by atoms with Crippen LogP contribution in [0.4, 0.5) is 0 Å². The average molecular weight is 244 g/mol. The van der Waals surface area contributed by atoms with E-state index in [2.05, 4.69) is 20.8 Å². The second-order valence-corrected chi connectivity index (χ2v) is 4.95. The highest BCUT2D eigenvalue weighted by Crippen LogP contribution is 2.19. The number of ether oxygens (including phenoxy) is 3. The van der Waals surface area contributed by atoms with Crippen LogP contribution in [-0.4, -0.2) is 32.2 Å². The maximum absolute atomic E-state index is 6.04. The van der Waals surface area contributed by atoms with Crippen molar-refractivity contribution in [3.63, 3.8) is 0 Å². The summed E-state index contributed by atoms with van der Waals surface area (Å²) in [6.07, 6.45) is 5.74. The highest BCUT2D eigenvalue weighted by Gasteiger charge is 2.23. The number of rotatable bonds is 8. The maximum Gasteiger partial charge on any atom is 0.160 e. The topological polar surface area (TPSA) is 27.7 Å². The normalized spacial score (nSPS) is 24.5. The Kier molecular flexibility index (Phi) is 7.82. The van der Waals surface area contributed by atoms with Gasteiger partial charge in [-0.1, -0.05) is 27.2 Å². The molecule has 0 aliphatic carbocycles. The first-order valence-corrected chi connectivity index (χ1v) is 7.12. The summed E-state index contributed by atoms with van der Waals surface area (Å²) in [5, 5.41) is 0. The van der Waals surface area contributed by atoms with Crippen molar-refractivity contribution >= 4 is 0 Å². The minimum atomic E-state index is -0.0572. The van der Waals surface area contributed by atoms with Gasteiger partial charge in [0.15, 0.2) is 6.29 Å². The van der Waals surface area contributed by atoms with Crippen molar-refractivity contribution in [3.8, 4) is 0 Å². The zero-order valence-electron chi connectivity index (χ0n) is 11.6. The van der Waals surface area contributed by atoms with Gasteiger partial charge in [0.25, 0.3) is 0 Å². The molecule has 0 spiro atoms. The van der Waals surface area contributed by atoms with Gasteiger partial charge in [-0.2, -0.15) is 0 Å². The standard InChI is InChI=1S/C14H28O3/c1-4-6-10-16-14(12(3)5-2)17-13-8-7-9-15-11-13/h12-14H,4-11H2,1-3H3. The maximum atomic E-state index is 6.04. The number of hydrogen-bond acceptors (Lipinski definition) is 3. The fraction of sp³-hybridized carbons (Fsp3) is 1.00. The largest absolute Gasteiger partial charge is 0.379 e. The Balaban J connectivity index is 2.32. The lowest BCUT2D eigenvalue weighted by atomic mass is 10.1. The van der Waals surface area contributed by atoms with Crippen LogP contribution in [0.15, 0.2) is 0 Å². The molecular weight excluding hydrogens is 216 g/mol. The van der Waals surface area contributed by atoms with Gasteiger partial charge in [0, 0.05) is 19.1 Å². The Morgan fingerprint density at radius 2 is 2.18 bits per heavy atom. The smallest absolute Gasteiger partial charge is 0.160 e. The fourth-order valence-corrected chi connectivity index (χ4v) is 1.88. The summed E-state index contributed by atoms with van der Waals surface area (Å²) in [7, 11) is 0. The first-order valence-electron chi connectivity index (χ1n) is 7.12. The molecule has 1 aliphatic heterocycles. The quantitative estimate of drug-likeness (QED) is 0.484. The van der Waals surface area contributed by atoms with Crippen molar-refractivity contribution < 1.29 is 14.2 Å². The van der Waals surface area contributed by atoms with Crippen LogP contribution >= 0.6 is 0 Å². The molecule has 0 N–H and O–H groups in total. The SMILES string of the molecule is CCCCOC(OC1CCCOC1)C(C)CC. The van der Waals surface area contributed by atoms with Gasteiger partial charge in [0.1, 0.15) is 0 Å². The second kappa shape index (κ2) is 8.90. The van der Waals surface area contributed by atoms with Crippen LogP contribution < -0.4 is 0 Å². The van der Waals surface area contributed by atoms with Crippen LogP contribution in [0, 0.1) is 5.92 Å². The molecule has 1 fully saturated rings. The fourth-order valence-electron chi connectivity index (χ4n) is 1.88. The Morgan fingerprint density at radius 3 is 2.76 bits per heavy atom. The molecule has 3 nitrogen and oxygen atoms in total. The molecule has 102 valence electrons. The summed E-state index contributed by atoms with van der Waals surface area (Å²) >= 11 is 0. The summed E-state index contributed by atoms with van der Waals surface area (Å²) in [5.41, 5.74) is 0. The predicted octanol–water partition coefficient (Wildman–Crippen LogP) is 3.37. The van der Waals surface area contributed by atoms with E-state index in [-0.39, 0.29) is 12.4 Å². The van der Waals surface area contributed by atoms with Gasteiger partial charge < -0.3 is 14.2 Å². The summed E-state index contributed by atoms with van der Waals surface area (Å²) in [5.74, 6) is 0.453. The van der Waals surface area contributed by atoms with E-state index >= 15 is 0 Å². The minimum Gasteiger partial charge on any atom is -0.379 e. The van der Waals surface area contributed by atoms with Crippen molar-refractivity contribution in [2.75, 3.05) is 19.8 Å². The van der Waals surface area contributed by atoms with Crippen LogP contribution in [0.1, 0.15) is 52.9 Å². The highest BCUT2D eigenvalue weighted by molar-refractivity contribution is 4.65. The summed E-state index contributed by atoms with van der Waals surface area (Å²) in [6, 6.07) is 0. The Bertz CT molecular complexity index is 178. The van der Waals surface area contributed by atoms with Gasteiger partial charge in [0.2, 0.25) is 0 Å². The first-order chi connectivity index (χ1) is 8.27. The average Bonchev–Trinajstić information content (AvgIpc) is 2.38. The van der Waals surface area contributed by atoms with Crippen molar-refractivity contribution in [1.29, 1.82) is 0 Å². The molecule has 3 heteroatoms. The van der Waals surface area contributed by atoms with Gasteiger partial charge in [-0.15, -0.1) is 0 Å². The van der Waals surface area contributed by atoms with Gasteiger partial charge in [0.05, 0.1) is 12.7 Å². The van der Waals surface area contributed by atoms with E-state index < -0.39 is 0 Å². The molecule has 0 bridgehead atoms. The van der Waals surface area contributed by atoms with E-state index in [1.54, 1.807) is 0 Å². The zero-order valence-corrected chi connectivity index (χ0v) is 11.6. The van der Waals surface area contributed by atoms with Crippen molar-refractivity contribution in [2.24, 2.45) is 5.92 Å². The predicted molar refractivity (Wildman–Crippen MR) is 69.0 cm³/mol. The molecule has 1 rings (SSSR count). The molecule has 0 aromatic rings. The van der Waals surface area contributed by atoms with Crippen LogP contribution in [-0.2, 0) is 14.2 Å². The lowest BCUT2D eigenvalue weighted by Crippen LogP contribution is -2.35. The van der Waals surface area contributed by atoms with Gasteiger partial charge in [-0.25, -0.2) is 0 Å². The lowest BCUT2D eigenvalue weighted by Gasteiger charge is -2.30. The Morgan fingerprint density at radius 1 is 1.35 bits per heavy atom. The Labute approximate surface area is 106 Å². The Hall–Kier alpha value is -0.120. The third kappa shape index (κ3) is 5.84. The second-order valence-electron chi connectivity index (χ2n) is 4.95. The summed E-state index contributed by atoms with van der Waals surface area (Å²) in [6.45, 7) is 8.97. The zero-order chi connectivity index (χ0) is 12.5. The summed E-state index contributed by atoms with van der Waals surface area (Å²) in [4.78, 5) is 0. The first kappa shape index (κ1) is 14.9. The van der Waals surface area contributed by atoms with Crippen molar-refractivity contribution in [2.45, 2.75) is 65.3 Å². The van der Waals surface area contributed by atoms with E-state index in [0.29, 0.717) is 5.92 Å². The molecule has 17 heavy (non-hydrogen) atoms. The molecule has 0 saturated carbocycles. The van der Waals surface area contributed by atoms with Gasteiger partial charge in [-0.3, -0.25) is 0 Å². The van der Waals surface area contributed by atoms with Crippen molar-refractivity contribution in [1.82, 2.24) is 0 Å². The molecule has 1 heterocycles. The minimum absolute atomic E-state index is 0.0572. The third-order valence-corrected chi connectivity index (χ3v) is 3.33. The molecule has 1 saturated heterocycles. The number of unbranched alkanes of at least 4 members (excludes halogenated alkanes) is 1. The van der Waals surface area contributed by atoms with E-state index in [1.807, 2.05) is 0 Å². The van der Waals surface area contributed by atoms with Crippen molar-refractivity contribution in [3.05, 3.63) is 0 Å². The molecule has 0 aromatic heterocycles. The van der Waals surface area contributed by atoms with Crippen LogP contribution in [0.25, 0.3) is 0 Å². The van der Waals surface area contributed by atoms with E-state index in [0.717, 1.165) is 45.5 Å².